The van der Waals surface area contributed by atoms with Crippen molar-refractivity contribution in [2.45, 2.75) is 26.3 Å². The van der Waals surface area contributed by atoms with Gasteiger partial charge in [-0.25, -0.2) is 4.79 Å². The highest BCUT2D eigenvalue weighted by Gasteiger charge is 2.20. The molecule has 0 fully saturated rings. The average molecular weight is 251 g/mol. The van der Waals surface area contributed by atoms with E-state index in [0.29, 0.717) is 5.56 Å². The van der Waals surface area contributed by atoms with E-state index in [4.69, 9.17) is 10.2 Å². The van der Waals surface area contributed by atoms with Crippen molar-refractivity contribution in [3.05, 3.63) is 34.9 Å². The minimum absolute atomic E-state index is 0.00806. The largest absolute Gasteiger partial charge is 0.480 e. The van der Waals surface area contributed by atoms with Gasteiger partial charge in [0.1, 0.15) is 6.04 Å². The number of amides is 1. The fourth-order valence-corrected chi connectivity index (χ4v) is 1.73. The SMILES string of the molecule is Cc1cc(C)cc(C(=O)N[C@@H](CCO)C(=O)O)c1. The number of carboxylic acids is 1. The van der Waals surface area contributed by atoms with Gasteiger partial charge in [0.15, 0.2) is 0 Å². The van der Waals surface area contributed by atoms with Crippen molar-refractivity contribution in [3.63, 3.8) is 0 Å². The normalized spacial score (nSPS) is 11.9. The molecular formula is C13H17NO4. The number of aliphatic carboxylic acids is 1. The highest BCUT2D eigenvalue weighted by Crippen LogP contribution is 2.09. The van der Waals surface area contributed by atoms with Gasteiger partial charge in [-0.15, -0.1) is 0 Å². The number of benzene rings is 1. The van der Waals surface area contributed by atoms with Gasteiger partial charge in [-0.1, -0.05) is 17.2 Å². The van der Waals surface area contributed by atoms with Crippen LogP contribution in [0.25, 0.3) is 0 Å². The van der Waals surface area contributed by atoms with Gasteiger partial charge >= 0.3 is 5.97 Å². The second-order valence-electron chi connectivity index (χ2n) is 4.25. The smallest absolute Gasteiger partial charge is 0.326 e. The third kappa shape index (κ3) is 3.85. The van der Waals surface area contributed by atoms with Gasteiger partial charge in [0.05, 0.1) is 0 Å². The molecule has 0 aliphatic carbocycles. The molecule has 1 rings (SSSR count). The Hall–Kier alpha value is -1.88. The summed E-state index contributed by atoms with van der Waals surface area (Å²) in [7, 11) is 0. The molecule has 1 amide bonds. The maximum Gasteiger partial charge on any atom is 0.326 e. The van der Waals surface area contributed by atoms with Gasteiger partial charge in [-0.05, 0) is 26.0 Å². The summed E-state index contributed by atoms with van der Waals surface area (Å²) in [6.07, 6.45) is -0.00806. The standard InChI is InChI=1S/C13H17NO4/c1-8-5-9(2)7-10(6-8)12(16)14-11(3-4-15)13(17)18/h5-7,11,15H,3-4H2,1-2H3,(H,14,16)(H,17,18)/t11-/m0/s1. The summed E-state index contributed by atoms with van der Waals surface area (Å²) in [5, 5.41) is 20.0. The quantitative estimate of drug-likeness (QED) is 0.724. The monoisotopic (exact) mass is 251 g/mol. The van der Waals surface area contributed by atoms with Gasteiger partial charge in [-0.3, -0.25) is 4.79 Å². The van der Waals surface area contributed by atoms with Crippen molar-refractivity contribution in [1.82, 2.24) is 5.32 Å². The molecule has 1 aromatic carbocycles. The van der Waals surface area contributed by atoms with Gasteiger partial charge in [0.2, 0.25) is 0 Å². The highest BCUT2D eigenvalue weighted by molar-refractivity contribution is 5.96. The Morgan fingerprint density at radius 2 is 1.78 bits per heavy atom. The van der Waals surface area contributed by atoms with Gasteiger partial charge in [0, 0.05) is 18.6 Å². The lowest BCUT2D eigenvalue weighted by Crippen LogP contribution is -2.41. The van der Waals surface area contributed by atoms with E-state index < -0.39 is 17.9 Å². The van der Waals surface area contributed by atoms with Crippen LogP contribution in [-0.2, 0) is 4.79 Å². The number of rotatable bonds is 5. The molecule has 1 atom stereocenters. The average Bonchev–Trinajstić information content (AvgIpc) is 2.26. The maximum absolute atomic E-state index is 11.9. The first-order valence-corrected chi connectivity index (χ1v) is 5.67. The van der Waals surface area contributed by atoms with E-state index in [1.165, 1.54) is 0 Å². The Morgan fingerprint density at radius 3 is 2.22 bits per heavy atom. The maximum atomic E-state index is 11.9. The molecule has 0 spiro atoms. The number of carbonyl (C=O) groups is 2. The van der Waals surface area contributed by atoms with Crippen molar-refractivity contribution in [1.29, 1.82) is 0 Å². The Labute approximate surface area is 105 Å². The van der Waals surface area contributed by atoms with E-state index in [1.54, 1.807) is 12.1 Å². The van der Waals surface area contributed by atoms with Gasteiger partial charge in [-0.2, -0.15) is 0 Å². The molecule has 0 saturated heterocycles. The summed E-state index contributed by atoms with van der Waals surface area (Å²) in [5.74, 6) is -1.59. The number of aryl methyl sites for hydroxylation is 2. The van der Waals surface area contributed by atoms with Crippen LogP contribution in [0.1, 0.15) is 27.9 Å². The van der Waals surface area contributed by atoms with E-state index in [0.717, 1.165) is 11.1 Å². The molecule has 3 N–H and O–H groups in total. The second kappa shape index (κ2) is 6.16. The third-order valence-electron chi connectivity index (χ3n) is 2.51. The molecule has 0 heterocycles. The number of hydrogen-bond donors (Lipinski definition) is 3. The Balaban J connectivity index is 2.83. The lowest BCUT2D eigenvalue weighted by molar-refractivity contribution is -0.139. The molecule has 98 valence electrons. The van der Waals surface area contributed by atoms with Crippen LogP contribution in [0.2, 0.25) is 0 Å². The van der Waals surface area contributed by atoms with Crippen molar-refractivity contribution in [2.24, 2.45) is 0 Å². The molecule has 18 heavy (non-hydrogen) atoms. The molecule has 0 aromatic heterocycles. The van der Waals surface area contributed by atoms with Crippen LogP contribution in [0, 0.1) is 13.8 Å². The minimum atomic E-state index is -1.15. The first kappa shape index (κ1) is 14.2. The van der Waals surface area contributed by atoms with Gasteiger partial charge in [0.25, 0.3) is 5.91 Å². The summed E-state index contributed by atoms with van der Waals surface area (Å²) in [4.78, 5) is 22.7. The Bertz CT molecular complexity index is 436. The molecule has 0 bridgehead atoms. The van der Waals surface area contributed by atoms with E-state index in [-0.39, 0.29) is 13.0 Å². The van der Waals surface area contributed by atoms with Crippen LogP contribution in [0.5, 0.6) is 0 Å². The van der Waals surface area contributed by atoms with Crippen molar-refractivity contribution in [2.75, 3.05) is 6.61 Å². The molecule has 0 saturated carbocycles. The molecule has 5 heteroatoms. The van der Waals surface area contributed by atoms with E-state index >= 15 is 0 Å². The number of aliphatic hydroxyl groups excluding tert-OH is 1. The van der Waals surface area contributed by atoms with Crippen LogP contribution in [0.3, 0.4) is 0 Å². The van der Waals surface area contributed by atoms with Crippen molar-refractivity contribution < 1.29 is 19.8 Å². The Kier molecular flexibility index (Phi) is 4.85. The summed E-state index contributed by atoms with van der Waals surface area (Å²) < 4.78 is 0. The minimum Gasteiger partial charge on any atom is -0.480 e. The van der Waals surface area contributed by atoms with Crippen LogP contribution in [-0.4, -0.2) is 34.7 Å². The van der Waals surface area contributed by atoms with Crippen LogP contribution in [0.15, 0.2) is 18.2 Å². The number of hydrogen-bond acceptors (Lipinski definition) is 3. The zero-order valence-electron chi connectivity index (χ0n) is 10.4. The van der Waals surface area contributed by atoms with Crippen LogP contribution in [0.4, 0.5) is 0 Å². The number of nitrogens with one attached hydrogen (secondary N) is 1. The second-order valence-corrected chi connectivity index (χ2v) is 4.25. The molecular weight excluding hydrogens is 234 g/mol. The Morgan fingerprint density at radius 1 is 1.22 bits per heavy atom. The highest BCUT2D eigenvalue weighted by atomic mass is 16.4. The molecule has 0 unspecified atom stereocenters. The number of aliphatic hydroxyl groups is 1. The summed E-state index contributed by atoms with van der Waals surface area (Å²) in [6.45, 7) is 3.45. The molecule has 0 aliphatic heterocycles. The van der Waals surface area contributed by atoms with Crippen LogP contribution < -0.4 is 5.32 Å². The first-order chi connectivity index (χ1) is 8.43. The van der Waals surface area contributed by atoms with E-state index in [9.17, 15) is 9.59 Å². The topological polar surface area (TPSA) is 86.6 Å². The first-order valence-electron chi connectivity index (χ1n) is 5.67. The summed E-state index contributed by atoms with van der Waals surface area (Å²) in [6, 6.07) is 4.25. The zero-order valence-corrected chi connectivity index (χ0v) is 10.4. The predicted molar refractivity (Wildman–Crippen MR) is 66.5 cm³/mol. The molecule has 5 nitrogen and oxygen atoms in total. The number of carboxylic acid groups (broad SMARTS) is 1. The summed E-state index contributed by atoms with van der Waals surface area (Å²) >= 11 is 0. The molecule has 1 aromatic rings. The third-order valence-corrected chi connectivity index (χ3v) is 2.51. The molecule has 0 radical (unpaired) electrons. The lowest BCUT2D eigenvalue weighted by atomic mass is 10.1. The van der Waals surface area contributed by atoms with Crippen molar-refractivity contribution in [3.8, 4) is 0 Å². The van der Waals surface area contributed by atoms with Crippen LogP contribution >= 0.6 is 0 Å². The lowest BCUT2D eigenvalue weighted by Gasteiger charge is -2.13. The van der Waals surface area contributed by atoms with Gasteiger partial charge < -0.3 is 15.5 Å². The molecule has 0 aliphatic rings. The zero-order chi connectivity index (χ0) is 13.7. The predicted octanol–water partition coefficient (Wildman–Crippen LogP) is 0.869. The van der Waals surface area contributed by atoms with E-state index in [1.807, 2.05) is 19.9 Å². The van der Waals surface area contributed by atoms with E-state index in [2.05, 4.69) is 5.32 Å². The fourth-order valence-electron chi connectivity index (χ4n) is 1.73. The number of carbonyl (C=O) groups excluding carboxylic acids is 1. The van der Waals surface area contributed by atoms with Crippen molar-refractivity contribution >= 4 is 11.9 Å². The summed E-state index contributed by atoms with van der Waals surface area (Å²) in [5.41, 5.74) is 2.31. The fraction of sp³-hybridized carbons (Fsp3) is 0.385.